The molecule has 17 heavy (non-hydrogen) atoms. The third-order valence-electron chi connectivity index (χ3n) is 3.39. The van der Waals surface area contributed by atoms with Crippen LogP contribution in [-0.4, -0.2) is 0 Å². The molecule has 0 radical (unpaired) electrons. The van der Waals surface area contributed by atoms with E-state index in [1.54, 1.807) is 0 Å². The Morgan fingerprint density at radius 2 is 1.47 bits per heavy atom. The minimum absolute atomic E-state index is 1.01. The molecule has 0 unspecified atom stereocenters. The van der Waals surface area contributed by atoms with Gasteiger partial charge in [-0.2, -0.15) is 0 Å². The summed E-state index contributed by atoms with van der Waals surface area (Å²) in [5.41, 5.74) is 8.22. The molecule has 0 atom stereocenters. The molecule has 0 bridgehead atoms. The number of hydrogen-bond donors (Lipinski definition) is 1. The smallest absolute Gasteiger partial charge is 0.0212 e. The summed E-state index contributed by atoms with van der Waals surface area (Å²) in [7, 11) is 0. The first-order chi connectivity index (χ1) is 8.22. The molecule has 0 aliphatic carbocycles. The summed E-state index contributed by atoms with van der Waals surface area (Å²) in [6.07, 6.45) is 0. The molecule has 0 aromatic heterocycles. The second kappa shape index (κ2) is 4.01. The molecule has 1 aliphatic rings. The van der Waals surface area contributed by atoms with Crippen LogP contribution in [0.25, 0.3) is 11.1 Å². The number of rotatable bonds is 1. The molecule has 1 N–H and O–H groups in total. The molecule has 2 aromatic carbocycles. The lowest BCUT2D eigenvalue weighted by Gasteiger charge is -2.07. The highest BCUT2D eigenvalue weighted by molar-refractivity contribution is 5.66. The van der Waals surface area contributed by atoms with Gasteiger partial charge in [-0.1, -0.05) is 41.5 Å². The van der Waals surface area contributed by atoms with Crippen LogP contribution < -0.4 is 5.32 Å². The summed E-state index contributed by atoms with van der Waals surface area (Å²) < 4.78 is 0. The normalized spacial score (nSPS) is 13.8. The average molecular weight is 223 g/mol. The second-order valence-corrected chi connectivity index (χ2v) is 4.96. The van der Waals surface area contributed by atoms with Crippen molar-refractivity contribution in [3.63, 3.8) is 0 Å². The van der Waals surface area contributed by atoms with E-state index in [9.17, 15) is 0 Å². The molecule has 0 spiro atoms. The highest BCUT2D eigenvalue weighted by Crippen LogP contribution is 2.26. The number of fused-ring (bicyclic) bond motifs is 1. The van der Waals surface area contributed by atoms with Gasteiger partial charge in [0.15, 0.2) is 0 Å². The van der Waals surface area contributed by atoms with E-state index in [2.05, 4.69) is 55.6 Å². The Morgan fingerprint density at radius 3 is 2.24 bits per heavy atom. The summed E-state index contributed by atoms with van der Waals surface area (Å²) in [6, 6.07) is 13.6. The summed E-state index contributed by atoms with van der Waals surface area (Å²) in [6.45, 7) is 6.34. The maximum Gasteiger partial charge on any atom is 0.0212 e. The highest BCUT2D eigenvalue weighted by Gasteiger charge is 2.10. The van der Waals surface area contributed by atoms with Gasteiger partial charge in [-0.25, -0.2) is 0 Å². The first-order valence-corrected chi connectivity index (χ1v) is 6.13. The highest BCUT2D eigenvalue weighted by atomic mass is 14.9. The van der Waals surface area contributed by atoms with Crippen LogP contribution in [0, 0.1) is 13.8 Å². The van der Waals surface area contributed by atoms with Gasteiger partial charge < -0.3 is 5.32 Å². The fourth-order valence-electron chi connectivity index (χ4n) is 2.62. The van der Waals surface area contributed by atoms with Crippen LogP contribution in [-0.2, 0) is 13.1 Å². The van der Waals surface area contributed by atoms with Crippen LogP contribution in [0.2, 0.25) is 0 Å². The van der Waals surface area contributed by atoms with E-state index in [4.69, 9.17) is 0 Å². The Kier molecular flexibility index (Phi) is 2.49. The van der Waals surface area contributed by atoms with Crippen LogP contribution in [0.4, 0.5) is 0 Å². The SMILES string of the molecule is Cc1cc(C)cc(-c2ccc3c(c2)CNC3)c1. The summed E-state index contributed by atoms with van der Waals surface area (Å²) in [4.78, 5) is 0. The molecule has 0 saturated heterocycles. The van der Waals surface area contributed by atoms with Crippen LogP contribution in [0.15, 0.2) is 36.4 Å². The van der Waals surface area contributed by atoms with Crippen molar-refractivity contribution in [1.82, 2.24) is 5.32 Å². The van der Waals surface area contributed by atoms with Gasteiger partial charge in [0.25, 0.3) is 0 Å². The standard InChI is InChI=1S/C16H17N/c1-11-5-12(2)7-15(6-11)13-3-4-14-9-17-10-16(14)8-13/h3-8,17H,9-10H2,1-2H3. The van der Waals surface area contributed by atoms with Crippen LogP contribution in [0.3, 0.4) is 0 Å². The first-order valence-electron chi connectivity index (χ1n) is 6.13. The fourth-order valence-corrected chi connectivity index (χ4v) is 2.62. The Balaban J connectivity index is 2.09. The van der Waals surface area contributed by atoms with Crippen LogP contribution >= 0.6 is 0 Å². The lowest BCUT2D eigenvalue weighted by molar-refractivity contribution is 0.765. The molecule has 1 aliphatic heterocycles. The molecule has 3 rings (SSSR count). The Bertz CT molecular complexity index is 549. The summed E-state index contributed by atoms with van der Waals surface area (Å²) in [5, 5.41) is 3.39. The van der Waals surface area contributed by atoms with E-state index in [1.165, 1.54) is 33.4 Å². The molecule has 86 valence electrons. The van der Waals surface area contributed by atoms with E-state index in [0.29, 0.717) is 0 Å². The van der Waals surface area contributed by atoms with E-state index < -0.39 is 0 Å². The monoisotopic (exact) mass is 223 g/mol. The van der Waals surface area contributed by atoms with Crippen molar-refractivity contribution in [2.75, 3.05) is 0 Å². The van der Waals surface area contributed by atoms with Gasteiger partial charge in [0.05, 0.1) is 0 Å². The maximum absolute atomic E-state index is 3.39. The molecule has 1 heteroatoms. The minimum Gasteiger partial charge on any atom is -0.309 e. The lowest BCUT2D eigenvalue weighted by atomic mass is 9.98. The zero-order chi connectivity index (χ0) is 11.8. The largest absolute Gasteiger partial charge is 0.309 e. The third kappa shape index (κ3) is 1.98. The fraction of sp³-hybridized carbons (Fsp3) is 0.250. The number of hydrogen-bond acceptors (Lipinski definition) is 1. The topological polar surface area (TPSA) is 12.0 Å². The molecular formula is C16H17N. The van der Waals surface area contributed by atoms with Gasteiger partial charge in [0.1, 0.15) is 0 Å². The molecule has 0 saturated carbocycles. The van der Waals surface area contributed by atoms with Gasteiger partial charge in [0, 0.05) is 13.1 Å². The molecule has 0 fully saturated rings. The maximum atomic E-state index is 3.39. The number of aryl methyl sites for hydroxylation is 2. The van der Waals surface area contributed by atoms with Crippen molar-refractivity contribution in [2.24, 2.45) is 0 Å². The molecule has 1 nitrogen and oxygen atoms in total. The van der Waals surface area contributed by atoms with E-state index in [0.717, 1.165) is 13.1 Å². The third-order valence-corrected chi connectivity index (χ3v) is 3.39. The van der Waals surface area contributed by atoms with Crippen molar-refractivity contribution in [1.29, 1.82) is 0 Å². The van der Waals surface area contributed by atoms with Crippen molar-refractivity contribution >= 4 is 0 Å². The Morgan fingerprint density at radius 1 is 0.765 bits per heavy atom. The van der Waals surface area contributed by atoms with Crippen molar-refractivity contribution in [3.8, 4) is 11.1 Å². The molecular weight excluding hydrogens is 206 g/mol. The lowest BCUT2D eigenvalue weighted by Crippen LogP contribution is -1.99. The first kappa shape index (κ1) is 10.5. The molecule has 1 heterocycles. The van der Waals surface area contributed by atoms with Gasteiger partial charge in [-0.05, 0) is 42.2 Å². The van der Waals surface area contributed by atoms with E-state index in [-0.39, 0.29) is 0 Å². The Hall–Kier alpha value is -1.60. The molecule has 0 amide bonds. The second-order valence-electron chi connectivity index (χ2n) is 4.96. The minimum atomic E-state index is 1.01. The zero-order valence-electron chi connectivity index (χ0n) is 10.4. The summed E-state index contributed by atoms with van der Waals surface area (Å²) >= 11 is 0. The van der Waals surface area contributed by atoms with E-state index in [1.807, 2.05) is 0 Å². The van der Waals surface area contributed by atoms with Crippen molar-refractivity contribution in [3.05, 3.63) is 58.7 Å². The van der Waals surface area contributed by atoms with Gasteiger partial charge >= 0.3 is 0 Å². The van der Waals surface area contributed by atoms with Gasteiger partial charge in [-0.3, -0.25) is 0 Å². The number of benzene rings is 2. The molecule has 2 aromatic rings. The number of nitrogens with one attached hydrogen (secondary N) is 1. The van der Waals surface area contributed by atoms with Gasteiger partial charge in [0.2, 0.25) is 0 Å². The predicted octanol–water partition coefficient (Wildman–Crippen LogP) is 3.57. The average Bonchev–Trinajstić information content (AvgIpc) is 2.74. The predicted molar refractivity (Wildman–Crippen MR) is 71.9 cm³/mol. The van der Waals surface area contributed by atoms with Crippen LogP contribution in [0.5, 0.6) is 0 Å². The quantitative estimate of drug-likeness (QED) is 0.779. The van der Waals surface area contributed by atoms with Crippen molar-refractivity contribution in [2.45, 2.75) is 26.9 Å². The Labute approximate surface area is 102 Å². The van der Waals surface area contributed by atoms with Gasteiger partial charge in [-0.15, -0.1) is 0 Å². The van der Waals surface area contributed by atoms with Crippen molar-refractivity contribution < 1.29 is 0 Å². The summed E-state index contributed by atoms with van der Waals surface area (Å²) in [5.74, 6) is 0. The van der Waals surface area contributed by atoms with Crippen LogP contribution in [0.1, 0.15) is 22.3 Å². The zero-order valence-corrected chi connectivity index (χ0v) is 10.4. The van der Waals surface area contributed by atoms with E-state index >= 15 is 0 Å².